The lowest BCUT2D eigenvalue weighted by atomic mass is 10.5. The van der Waals surface area contributed by atoms with Crippen LogP contribution in [0.15, 0.2) is 10.3 Å². The van der Waals surface area contributed by atoms with Gasteiger partial charge in [0, 0.05) is 19.0 Å². The second-order valence-corrected chi connectivity index (χ2v) is 5.20. The normalized spacial score (nSPS) is 11.4. The Balaban J connectivity index is 3.08. The molecule has 0 saturated carbocycles. The lowest BCUT2D eigenvalue weighted by Gasteiger charge is -2.02. The molecule has 1 aromatic rings. The molecule has 0 aliphatic carbocycles. The molecule has 0 atom stereocenters. The first-order chi connectivity index (χ1) is 7.88. The van der Waals surface area contributed by atoms with Crippen LogP contribution >= 0.6 is 11.3 Å². The third-order valence-electron chi connectivity index (χ3n) is 1.78. The average Bonchev–Trinajstić information content (AvgIpc) is 2.61. The zero-order valence-electron chi connectivity index (χ0n) is 8.74. The van der Waals surface area contributed by atoms with Crippen molar-refractivity contribution in [1.82, 2.24) is 0 Å². The van der Waals surface area contributed by atoms with Crippen LogP contribution in [0.3, 0.4) is 0 Å². The number of hydrogen-bond acceptors (Lipinski definition) is 7. The van der Waals surface area contributed by atoms with E-state index in [1.54, 1.807) is 0 Å². The van der Waals surface area contributed by atoms with Crippen LogP contribution in [0.25, 0.3) is 0 Å². The van der Waals surface area contributed by atoms with E-state index in [-0.39, 0.29) is 5.00 Å². The van der Waals surface area contributed by atoms with Gasteiger partial charge in [0.1, 0.15) is 0 Å². The highest BCUT2D eigenvalue weighted by Crippen LogP contribution is 2.38. The maximum Gasteiger partial charge on any atom is 0.324 e. The van der Waals surface area contributed by atoms with E-state index in [2.05, 4.69) is 5.32 Å². The number of methoxy groups -OCH3 is 1. The molecule has 0 aliphatic heterocycles. The molecule has 0 saturated heterocycles. The number of nitrogens with one attached hydrogen (secondary N) is 1. The predicted molar refractivity (Wildman–Crippen MR) is 61.2 cm³/mol. The van der Waals surface area contributed by atoms with E-state index in [9.17, 15) is 18.5 Å². The van der Waals surface area contributed by atoms with Gasteiger partial charge in [-0.1, -0.05) is 0 Å². The predicted octanol–water partition coefficient (Wildman–Crippen LogP) is 0.961. The first-order valence-electron chi connectivity index (χ1n) is 4.34. The third kappa shape index (κ3) is 3.36. The SMILES string of the molecule is COCCNc1scc(S(=O)(=O)O)c1[N+](=O)[O-]. The van der Waals surface area contributed by atoms with Crippen LogP contribution in [0.2, 0.25) is 0 Å². The van der Waals surface area contributed by atoms with E-state index in [0.29, 0.717) is 13.2 Å². The summed E-state index contributed by atoms with van der Waals surface area (Å²) in [6, 6.07) is 0. The molecular formula is C7H10N2O6S2. The Labute approximate surface area is 101 Å². The summed E-state index contributed by atoms with van der Waals surface area (Å²) >= 11 is 0.834. The Morgan fingerprint density at radius 1 is 1.65 bits per heavy atom. The molecule has 0 spiro atoms. The summed E-state index contributed by atoms with van der Waals surface area (Å²) in [5, 5.41) is 14.5. The summed E-state index contributed by atoms with van der Waals surface area (Å²) in [6.45, 7) is 0.610. The van der Waals surface area contributed by atoms with E-state index in [4.69, 9.17) is 9.29 Å². The quantitative estimate of drug-likeness (QED) is 0.345. The Kier molecular flexibility index (Phi) is 4.40. The molecule has 1 aromatic heterocycles. The molecule has 17 heavy (non-hydrogen) atoms. The van der Waals surface area contributed by atoms with Crippen LogP contribution in [0, 0.1) is 10.1 Å². The van der Waals surface area contributed by atoms with Crippen molar-refractivity contribution in [3.05, 3.63) is 15.5 Å². The molecule has 0 aromatic carbocycles. The van der Waals surface area contributed by atoms with Gasteiger partial charge in [-0.2, -0.15) is 8.42 Å². The van der Waals surface area contributed by atoms with Crippen molar-refractivity contribution in [2.75, 3.05) is 25.6 Å². The van der Waals surface area contributed by atoms with E-state index in [0.717, 1.165) is 16.7 Å². The number of rotatable bonds is 6. The summed E-state index contributed by atoms with van der Waals surface area (Å²) in [5.74, 6) is 0. The van der Waals surface area contributed by atoms with Crippen LogP contribution < -0.4 is 5.32 Å². The number of thiophene rings is 1. The Morgan fingerprint density at radius 2 is 2.29 bits per heavy atom. The Morgan fingerprint density at radius 3 is 2.76 bits per heavy atom. The van der Waals surface area contributed by atoms with Crippen molar-refractivity contribution in [2.24, 2.45) is 0 Å². The van der Waals surface area contributed by atoms with Crippen molar-refractivity contribution >= 4 is 32.1 Å². The molecule has 0 amide bonds. The molecule has 10 heteroatoms. The molecule has 0 bridgehead atoms. The van der Waals surface area contributed by atoms with Crippen molar-refractivity contribution in [1.29, 1.82) is 0 Å². The maximum absolute atomic E-state index is 10.9. The number of ether oxygens (including phenoxy) is 1. The minimum atomic E-state index is -4.59. The smallest absolute Gasteiger partial charge is 0.324 e. The molecule has 8 nitrogen and oxygen atoms in total. The minimum absolute atomic E-state index is 0.0691. The number of anilines is 1. The number of nitrogens with zero attached hydrogens (tertiary/aromatic N) is 1. The van der Waals surface area contributed by atoms with Crippen molar-refractivity contribution < 1.29 is 22.6 Å². The lowest BCUT2D eigenvalue weighted by Crippen LogP contribution is -2.08. The van der Waals surface area contributed by atoms with E-state index in [1.807, 2.05) is 0 Å². The monoisotopic (exact) mass is 282 g/mol. The number of hydrogen-bond donors (Lipinski definition) is 2. The summed E-state index contributed by atoms with van der Waals surface area (Å²) in [4.78, 5) is 9.19. The summed E-state index contributed by atoms with van der Waals surface area (Å²) in [6.07, 6.45) is 0. The van der Waals surface area contributed by atoms with Crippen LogP contribution in [-0.4, -0.2) is 38.2 Å². The van der Waals surface area contributed by atoms with Crippen molar-refractivity contribution in [2.45, 2.75) is 4.90 Å². The average molecular weight is 282 g/mol. The van der Waals surface area contributed by atoms with Gasteiger partial charge in [-0.15, -0.1) is 11.3 Å². The van der Waals surface area contributed by atoms with Gasteiger partial charge in [-0.3, -0.25) is 14.7 Å². The van der Waals surface area contributed by atoms with Gasteiger partial charge in [0.25, 0.3) is 0 Å². The van der Waals surface area contributed by atoms with Crippen molar-refractivity contribution in [3.8, 4) is 0 Å². The van der Waals surface area contributed by atoms with Gasteiger partial charge < -0.3 is 10.1 Å². The summed E-state index contributed by atoms with van der Waals surface area (Å²) in [7, 11) is -3.12. The standard InChI is InChI=1S/C7H10N2O6S2/c1-15-3-2-8-7-6(9(10)11)5(4-16-7)17(12,13)14/h4,8H,2-3H2,1H3,(H,12,13,14). The minimum Gasteiger partial charge on any atom is -0.383 e. The topological polar surface area (TPSA) is 119 Å². The van der Waals surface area contributed by atoms with Crippen LogP contribution in [0.4, 0.5) is 10.7 Å². The molecule has 0 radical (unpaired) electrons. The largest absolute Gasteiger partial charge is 0.383 e. The fourth-order valence-electron chi connectivity index (χ4n) is 1.08. The number of nitro groups is 1. The second kappa shape index (κ2) is 5.40. The summed E-state index contributed by atoms with van der Waals surface area (Å²) in [5.41, 5.74) is -0.645. The molecule has 1 heterocycles. The highest BCUT2D eigenvalue weighted by atomic mass is 32.2. The van der Waals surface area contributed by atoms with Gasteiger partial charge in [0.2, 0.25) is 0 Å². The van der Waals surface area contributed by atoms with Crippen LogP contribution in [0.5, 0.6) is 0 Å². The van der Waals surface area contributed by atoms with E-state index < -0.39 is 25.6 Å². The van der Waals surface area contributed by atoms with Crippen LogP contribution in [-0.2, 0) is 14.9 Å². The van der Waals surface area contributed by atoms with Gasteiger partial charge in [0.15, 0.2) is 9.90 Å². The second-order valence-electron chi connectivity index (χ2n) is 2.93. The first-order valence-corrected chi connectivity index (χ1v) is 6.66. The maximum atomic E-state index is 10.9. The fourth-order valence-corrected chi connectivity index (χ4v) is 3.02. The third-order valence-corrected chi connectivity index (χ3v) is 3.73. The highest BCUT2D eigenvalue weighted by Gasteiger charge is 2.30. The lowest BCUT2D eigenvalue weighted by molar-refractivity contribution is -0.386. The molecule has 96 valence electrons. The van der Waals surface area contributed by atoms with Gasteiger partial charge in [0.05, 0.1) is 11.5 Å². The highest BCUT2D eigenvalue weighted by molar-refractivity contribution is 7.86. The van der Waals surface area contributed by atoms with Gasteiger partial charge in [-0.05, 0) is 0 Å². The van der Waals surface area contributed by atoms with Gasteiger partial charge >= 0.3 is 15.8 Å². The zero-order valence-corrected chi connectivity index (χ0v) is 10.4. The van der Waals surface area contributed by atoms with Gasteiger partial charge in [-0.25, -0.2) is 0 Å². The molecule has 0 fully saturated rings. The van der Waals surface area contributed by atoms with Crippen molar-refractivity contribution in [3.63, 3.8) is 0 Å². The fraction of sp³-hybridized carbons (Fsp3) is 0.429. The molecule has 1 rings (SSSR count). The zero-order chi connectivity index (χ0) is 13.1. The Hall–Kier alpha value is -1.23. The first kappa shape index (κ1) is 13.8. The van der Waals surface area contributed by atoms with Crippen LogP contribution in [0.1, 0.15) is 0 Å². The molecule has 2 N–H and O–H groups in total. The molecule has 0 aliphatic rings. The molecular weight excluding hydrogens is 272 g/mol. The Bertz CT molecular complexity index is 508. The summed E-state index contributed by atoms with van der Waals surface area (Å²) < 4.78 is 35.4. The molecule has 0 unspecified atom stereocenters. The van der Waals surface area contributed by atoms with E-state index in [1.165, 1.54) is 7.11 Å². The van der Waals surface area contributed by atoms with E-state index >= 15 is 0 Å².